The van der Waals surface area contributed by atoms with Crippen LogP contribution in [0.25, 0.3) is 10.9 Å². The first-order valence-corrected chi connectivity index (χ1v) is 9.98. The Balaban J connectivity index is 1.68. The molecule has 0 aliphatic carbocycles. The van der Waals surface area contributed by atoms with Crippen molar-refractivity contribution in [3.63, 3.8) is 0 Å². The molecule has 0 N–H and O–H groups in total. The summed E-state index contributed by atoms with van der Waals surface area (Å²) in [4.78, 5) is 29.0. The Hall–Kier alpha value is -3.19. The zero-order valence-corrected chi connectivity index (χ0v) is 17.5. The van der Waals surface area contributed by atoms with Crippen LogP contribution in [0.15, 0.2) is 53.3 Å². The number of fused-ring (bicyclic) bond motifs is 1. The molecule has 1 atom stereocenters. The standard InChI is InChI=1S/C23H26N2O5/c1-4-28-20(23(27)29-5-2)14-16-10-12-17(13-11-16)30-15-21-24-19-9-7-6-8-18(19)22(26)25(21)3/h6-13,20H,4-5,14-15H2,1-3H3. The van der Waals surface area contributed by atoms with E-state index in [0.717, 1.165) is 5.56 Å². The van der Waals surface area contributed by atoms with E-state index in [9.17, 15) is 9.59 Å². The molecule has 0 radical (unpaired) electrons. The molecule has 0 saturated carbocycles. The van der Waals surface area contributed by atoms with Crippen molar-refractivity contribution in [3.05, 3.63) is 70.3 Å². The molecular formula is C23H26N2O5. The lowest BCUT2D eigenvalue weighted by Crippen LogP contribution is -2.28. The van der Waals surface area contributed by atoms with E-state index >= 15 is 0 Å². The normalized spacial score (nSPS) is 12.0. The molecule has 7 heteroatoms. The average molecular weight is 410 g/mol. The van der Waals surface area contributed by atoms with Gasteiger partial charge in [-0.1, -0.05) is 24.3 Å². The Morgan fingerprint density at radius 1 is 1.07 bits per heavy atom. The molecule has 2 aromatic carbocycles. The van der Waals surface area contributed by atoms with Gasteiger partial charge in [-0.3, -0.25) is 9.36 Å². The van der Waals surface area contributed by atoms with E-state index < -0.39 is 6.10 Å². The predicted molar refractivity (Wildman–Crippen MR) is 114 cm³/mol. The number of para-hydroxylation sites is 1. The van der Waals surface area contributed by atoms with Gasteiger partial charge in [-0.15, -0.1) is 0 Å². The second kappa shape index (κ2) is 10.0. The fraction of sp³-hybridized carbons (Fsp3) is 0.348. The molecule has 1 aromatic heterocycles. The van der Waals surface area contributed by atoms with Gasteiger partial charge >= 0.3 is 5.97 Å². The van der Waals surface area contributed by atoms with Gasteiger partial charge in [0.15, 0.2) is 6.10 Å². The summed E-state index contributed by atoms with van der Waals surface area (Å²) >= 11 is 0. The minimum Gasteiger partial charge on any atom is -0.486 e. The van der Waals surface area contributed by atoms with Crippen LogP contribution < -0.4 is 10.3 Å². The Bertz CT molecular complexity index is 1060. The van der Waals surface area contributed by atoms with Crippen LogP contribution in [0.2, 0.25) is 0 Å². The van der Waals surface area contributed by atoms with Crippen molar-refractivity contribution in [3.8, 4) is 5.75 Å². The van der Waals surface area contributed by atoms with E-state index in [4.69, 9.17) is 14.2 Å². The van der Waals surface area contributed by atoms with E-state index in [1.54, 1.807) is 20.0 Å². The minimum absolute atomic E-state index is 0.101. The molecule has 7 nitrogen and oxygen atoms in total. The fourth-order valence-electron chi connectivity index (χ4n) is 3.12. The first kappa shape index (κ1) is 21.5. The third kappa shape index (κ3) is 5.04. The summed E-state index contributed by atoms with van der Waals surface area (Å²) in [5.41, 5.74) is 1.48. The summed E-state index contributed by atoms with van der Waals surface area (Å²) < 4.78 is 17.9. The van der Waals surface area contributed by atoms with Crippen LogP contribution in [0.4, 0.5) is 0 Å². The number of rotatable bonds is 9. The number of nitrogens with zero attached hydrogens (tertiary/aromatic N) is 2. The molecule has 3 aromatic rings. The molecule has 158 valence electrons. The molecule has 0 bridgehead atoms. The first-order chi connectivity index (χ1) is 14.5. The molecule has 3 rings (SSSR count). The highest BCUT2D eigenvalue weighted by molar-refractivity contribution is 5.77. The molecule has 0 saturated heterocycles. The Morgan fingerprint density at radius 2 is 1.80 bits per heavy atom. The van der Waals surface area contributed by atoms with Crippen LogP contribution in [0.1, 0.15) is 25.2 Å². The zero-order valence-electron chi connectivity index (χ0n) is 17.5. The number of hydrogen-bond donors (Lipinski definition) is 0. The van der Waals surface area contributed by atoms with Gasteiger partial charge in [-0.25, -0.2) is 9.78 Å². The van der Waals surface area contributed by atoms with Gasteiger partial charge in [-0.2, -0.15) is 0 Å². The predicted octanol–water partition coefficient (Wildman–Crippen LogP) is 3.02. The zero-order chi connectivity index (χ0) is 21.5. The number of aromatic nitrogens is 2. The van der Waals surface area contributed by atoms with Crippen LogP contribution in [-0.2, 0) is 34.3 Å². The second-order valence-corrected chi connectivity index (χ2v) is 6.74. The Labute approximate surface area is 175 Å². The topological polar surface area (TPSA) is 79.7 Å². The summed E-state index contributed by atoms with van der Waals surface area (Å²) in [5.74, 6) is 0.828. The van der Waals surface area contributed by atoms with Crippen LogP contribution in [-0.4, -0.2) is 34.8 Å². The number of benzene rings is 2. The second-order valence-electron chi connectivity index (χ2n) is 6.74. The van der Waals surface area contributed by atoms with E-state index in [0.29, 0.717) is 42.1 Å². The van der Waals surface area contributed by atoms with E-state index in [2.05, 4.69) is 4.98 Å². The Morgan fingerprint density at radius 3 is 2.50 bits per heavy atom. The van der Waals surface area contributed by atoms with E-state index in [-0.39, 0.29) is 18.1 Å². The third-order valence-electron chi connectivity index (χ3n) is 4.71. The van der Waals surface area contributed by atoms with Crippen molar-refractivity contribution >= 4 is 16.9 Å². The van der Waals surface area contributed by atoms with Gasteiger partial charge in [0.05, 0.1) is 17.5 Å². The molecule has 0 spiro atoms. The largest absolute Gasteiger partial charge is 0.486 e. The maximum Gasteiger partial charge on any atom is 0.335 e. The number of ether oxygens (including phenoxy) is 3. The van der Waals surface area contributed by atoms with Gasteiger partial charge in [0.2, 0.25) is 0 Å². The highest BCUT2D eigenvalue weighted by Gasteiger charge is 2.20. The number of hydrogen-bond acceptors (Lipinski definition) is 6. The van der Waals surface area contributed by atoms with Crippen molar-refractivity contribution in [1.29, 1.82) is 0 Å². The summed E-state index contributed by atoms with van der Waals surface area (Å²) in [6, 6.07) is 14.7. The van der Waals surface area contributed by atoms with Crippen molar-refractivity contribution in [2.24, 2.45) is 7.05 Å². The van der Waals surface area contributed by atoms with E-state index in [1.807, 2.05) is 49.4 Å². The van der Waals surface area contributed by atoms with Gasteiger partial charge in [-0.05, 0) is 43.7 Å². The molecule has 30 heavy (non-hydrogen) atoms. The highest BCUT2D eigenvalue weighted by Crippen LogP contribution is 2.16. The van der Waals surface area contributed by atoms with Crippen LogP contribution in [0, 0.1) is 0 Å². The van der Waals surface area contributed by atoms with Crippen molar-refractivity contribution in [2.45, 2.75) is 33.0 Å². The van der Waals surface area contributed by atoms with Crippen LogP contribution in [0.3, 0.4) is 0 Å². The average Bonchev–Trinajstić information content (AvgIpc) is 2.76. The molecule has 0 fully saturated rings. The summed E-state index contributed by atoms with van der Waals surface area (Å²) in [7, 11) is 1.69. The summed E-state index contributed by atoms with van der Waals surface area (Å²) in [5, 5.41) is 0.582. The van der Waals surface area contributed by atoms with Gasteiger partial charge in [0, 0.05) is 20.1 Å². The lowest BCUT2D eigenvalue weighted by molar-refractivity contribution is -0.156. The monoisotopic (exact) mass is 410 g/mol. The smallest absolute Gasteiger partial charge is 0.335 e. The fourth-order valence-corrected chi connectivity index (χ4v) is 3.12. The molecule has 0 amide bonds. The molecule has 0 aliphatic rings. The lowest BCUT2D eigenvalue weighted by atomic mass is 10.1. The van der Waals surface area contributed by atoms with E-state index in [1.165, 1.54) is 4.57 Å². The molecule has 1 heterocycles. The van der Waals surface area contributed by atoms with Gasteiger partial charge in [0.25, 0.3) is 5.56 Å². The summed E-state index contributed by atoms with van der Waals surface area (Å²) in [6.45, 7) is 4.54. The van der Waals surface area contributed by atoms with Crippen molar-refractivity contribution < 1.29 is 19.0 Å². The maximum atomic E-state index is 12.5. The number of carbonyl (C=O) groups is 1. The third-order valence-corrected chi connectivity index (χ3v) is 4.71. The highest BCUT2D eigenvalue weighted by atomic mass is 16.6. The van der Waals surface area contributed by atoms with Gasteiger partial charge < -0.3 is 14.2 Å². The SMILES string of the molecule is CCOC(=O)C(Cc1ccc(OCc2nc3ccccc3c(=O)n2C)cc1)OCC. The van der Waals surface area contributed by atoms with Crippen molar-refractivity contribution in [1.82, 2.24) is 9.55 Å². The van der Waals surface area contributed by atoms with Crippen molar-refractivity contribution in [2.75, 3.05) is 13.2 Å². The van der Waals surface area contributed by atoms with Crippen LogP contribution >= 0.6 is 0 Å². The molecule has 1 unspecified atom stereocenters. The number of carbonyl (C=O) groups excluding carboxylic acids is 1. The lowest BCUT2D eigenvalue weighted by Gasteiger charge is -2.16. The first-order valence-electron chi connectivity index (χ1n) is 9.98. The number of esters is 1. The van der Waals surface area contributed by atoms with Gasteiger partial charge in [0.1, 0.15) is 18.2 Å². The Kier molecular flexibility index (Phi) is 7.19. The molecular weight excluding hydrogens is 384 g/mol. The minimum atomic E-state index is -0.627. The van der Waals surface area contributed by atoms with Crippen LogP contribution in [0.5, 0.6) is 5.75 Å². The quantitative estimate of drug-likeness (QED) is 0.505. The molecule has 0 aliphatic heterocycles. The summed E-state index contributed by atoms with van der Waals surface area (Å²) in [6.07, 6.45) is -0.203. The maximum absolute atomic E-state index is 12.5.